The lowest BCUT2D eigenvalue weighted by molar-refractivity contribution is -0.138. The first-order chi connectivity index (χ1) is 18.8. The molecule has 9 heteroatoms. The molecule has 0 radical (unpaired) electrons. The van der Waals surface area contributed by atoms with E-state index in [9.17, 15) is 13.2 Å². The van der Waals surface area contributed by atoms with Crippen molar-refractivity contribution >= 4 is 39.1 Å². The van der Waals surface area contributed by atoms with E-state index in [4.69, 9.17) is 23.2 Å². The fraction of sp³-hybridized carbons (Fsp3) is 0.367. The van der Waals surface area contributed by atoms with Gasteiger partial charge in [-0.2, -0.15) is 0 Å². The Bertz CT molecular complexity index is 1340. The van der Waals surface area contributed by atoms with Gasteiger partial charge in [-0.1, -0.05) is 89.9 Å². The molecule has 206 valence electrons. The summed E-state index contributed by atoms with van der Waals surface area (Å²) >= 11 is 12.1. The van der Waals surface area contributed by atoms with Crippen LogP contribution in [0.2, 0.25) is 10.0 Å². The lowest BCUT2D eigenvalue weighted by atomic mass is 9.95. The molecular weight excluding hydrogens is 553 g/mol. The van der Waals surface area contributed by atoms with Gasteiger partial charge in [0.15, 0.2) is 0 Å². The molecule has 1 amide bonds. The number of sulfonamides is 1. The molecule has 2 saturated heterocycles. The fourth-order valence-corrected chi connectivity index (χ4v) is 7.59. The van der Waals surface area contributed by atoms with Gasteiger partial charge in [-0.3, -0.25) is 9.69 Å². The van der Waals surface area contributed by atoms with Crippen LogP contribution in [0.4, 0.5) is 0 Å². The zero-order valence-corrected chi connectivity index (χ0v) is 24.1. The molecule has 0 spiro atoms. The minimum absolute atomic E-state index is 0.0556. The number of carbonyl (C=O) groups is 1. The Morgan fingerprint density at radius 1 is 0.821 bits per heavy atom. The molecule has 2 aliphatic rings. The van der Waals surface area contributed by atoms with Gasteiger partial charge in [0.05, 0.1) is 27.8 Å². The summed E-state index contributed by atoms with van der Waals surface area (Å²) in [7, 11) is -3.59. The molecule has 39 heavy (non-hydrogen) atoms. The van der Waals surface area contributed by atoms with E-state index in [1.54, 1.807) is 18.2 Å². The molecule has 2 fully saturated rings. The van der Waals surface area contributed by atoms with Crippen molar-refractivity contribution in [2.75, 3.05) is 39.3 Å². The molecule has 0 aromatic heterocycles. The summed E-state index contributed by atoms with van der Waals surface area (Å²) in [5, 5.41) is 0.720. The largest absolute Gasteiger partial charge is 0.340 e. The third kappa shape index (κ3) is 6.67. The van der Waals surface area contributed by atoms with Gasteiger partial charge in [0, 0.05) is 39.3 Å². The Morgan fingerprint density at radius 2 is 1.44 bits per heavy atom. The second kappa shape index (κ2) is 12.4. The fourth-order valence-electron chi connectivity index (χ4n) is 5.67. The highest BCUT2D eigenvalue weighted by molar-refractivity contribution is 7.88. The lowest BCUT2D eigenvalue weighted by Crippen LogP contribution is -2.53. The molecular formula is C30H33Cl2N3O3S. The Kier molecular flexibility index (Phi) is 8.94. The maximum absolute atomic E-state index is 13.5. The van der Waals surface area contributed by atoms with Crippen molar-refractivity contribution < 1.29 is 13.2 Å². The summed E-state index contributed by atoms with van der Waals surface area (Å²) in [4.78, 5) is 17.9. The van der Waals surface area contributed by atoms with Crippen molar-refractivity contribution in [2.24, 2.45) is 5.92 Å². The van der Waals surface area contributed by atoms with E-state index < -0.39 is 10.0 Å². The quantitative estimate of drug-likeness (QED) is 0.369. The first kappa shape index (κ1) is 28.1. The number of benzene rings is 3. The number of halogens is 2. The van der Waals surface area contributed by atoms with Crippen molar-refractivity contribution in [3.63, 3.8) is 0 Å². The molecule has 5 rings (SSSR count). The van der Waals surface area contributed by atoms with Gasteiger partial charge in [0.2, 0.25) is 15.9 Å². The third-order valence-corrected chi connectivity index (χ3v) is 10.2. The van der Waals surface area contributed by atoms with Gasteiger partial charge < -0.3 is 4.90 Å². The van der Waals surface area contributed by atoms with Crippen LogP contribution in [0.25, 0.3) is 0 Å². The number of rotatable bonds is 7. The Hall–Kier alpha value is -2.42. The predicted octanol–water partition coefficient (Wildman–Crippen LogP) is 5.47. The summed E-state index contributed by atoms with van der Waals surface area (Å²) in [5.41, 5.74) is 3.05. The van der Waals surface area contributed by atoms with Crippen LogP contribution in [0.15, 0.2) is 78.9 Å². The van der Waals surface area contributed by atoms with Gasteiger partial charge in [0.1, 0.15) is 0 Å². The van der Waals surface area contributed by atoms with Crippen LogP contribution in [0, 0.1) is 5.92 Å². The first-order valence-corrected chi connectivity index (χ1v) is 15.7. The Balaban J connectivity index is 1.22. The van der Waals surface area contributed by atoms with Crippen LogP contribution < -0.4 is 0 Å². The molecule has 2 aliphatic heterocycles. The Morgan fingerprint density at radius 3 is 2.03 bits per heavy atom. The molecule has 0 aliphatic carbocycles. The maximum atomic E-state index is 13.5. The number of hydrogen-bond acceptors (Lipinski definition) is 4. The van der Waals surface area contributed by atoms with Crippen molar-refractivity contribution in [3.8, 4) is 0 Å². The third-order valence-electron chi connectivity index (χ3n) is 7.68. The van der Waals surface area contributed by atoms with E-state index in [2.05, 4.69) is 53.4 Å². The number of hydrogen-bond donors (Lipinski definition) is 0. The highest BCUT2D eigenvalue weighted by atomic mass is 35.5. The van der Waals surface area contributed by atoms with E-state index >= 15 is 0 Å². The summed E-state index contributed by atoms with van der Waals surface area (Å²) in [6, 6.07) is 25.9. The zero-order chi connectivity index (χ0) is 27.4. The van der Waals surface area contributed by atoms with E-state index in [1.807, 2.05) is 17.0 Å². The molecule has 0 N–H and O–H groups in total. The van der Waals surface area contributed by atoms with Gasteiger partial charge in [-0.25, -0.2) is 12.7 Å². The van der Waals surface area contributed by atoms with Gasteiger partial charge in [-0.05, 0) is 41.7 Å². The first-order valence-electron chi connectivity index (χ1n) is 13.4. The monoisotopic (exact) mass is 585 g/mol. The molecule has 0 unspecified atom stereocenters. The van der Waals surface area contributed by atoms with E-state index in [0.717, 1.165) is 13.1 Å². The van der Waals surface area contributed by atoms with Crippen molar-refractivity contribution in [3.05, 3.63) is 106 Å². The standard InChI is InChI=1S/C30H33Cl2N3O3S/c31-27-14-13-23(20-28(27)32)22-39(37,38)35-15-7-12-26(21-35)30(36)34-18-16-33(17-19-34)29(24-8-3-1-4-9-24)25-10-5-2-6-11-25/h1-6,8-11,13-14,20,26,29H,7,12,15-19,21-22H2/t26-/m1/s1. The number of carbonyl (C=O) groups excluding carboxylic acids is 1. The van der Waals surface area contributed by atoms with Crippen molar-refractivity contribution in [1.29, 1.82) is 0 Å². The zero-order valence-electron chi connectivity index (χ0n) is 21.8. The maximum Gasteiger partial charge on any atom is 0.227 e. The second-order valence-corrected chi connectivity index (χ2v) is 13.1. The molecule has 0 bridgehead atoms. The number of piperazine rings is 1. The molecule has 1 atom stereocenters. The summed E-state index contributed by atoms with van der Waals surface area (Å²) in [6.07, 6.45) is 1.37. The summed E-state index contributed by atoms with van der Waals surface area (Å²) in [6.45, 7) is 3.41. The van der Waals surface area contributed by atoms with E-state index in [1.165, 1.54) is 15.4 Å². The normalized spacial score (nSPS) is 19.4. The number of nitrogens with zero attached hydrogens (tertiary/aromatic N) is 3. The smallest absolute Gasteiger partial charge is 0.227 e. The van der Waals surface area contributed by atoms with Gasteiger partial charge in [-0.15, -0.1) is 0 Å². The number of piperidine rings is 1. The SMILES string of the molecule is O=C([C@@H]1CCCN(S(=O)(=O)Cc2ccc(Cl)c(Cl)c2)C1)N1CCN(C(c2ccccc2)c2ccccc2)CC1. The Labute approximate surface area is 241 Å². The predicted molar refractivity (Wildman–Crippen MR) is 156 cm³/mol. The summed E-state index contributed by atoms with van der Waals surface area (Å²) in [5.74, 6) is -0.433. The topological polar surface area (TPSA) is 60.9 Å². The van der Waals surface area contributed by atoms with Gasteiger partial charge in [0.25, 0.3) is 0 Å². The number of amides is 1. The highest BCUT2D eigenvalue weighted by Crippen LogP contribution is 2.31. The average molecular weight is 587 g/mol. The van der Waals surface area contributed by atoms with E-state index in [-0.39, 0.29) is 30.2 Å². The van der Waals surface area contributed by atoms with Crippen molar-refractivity contribution in [2.45, 2.75) is 24.6 Å². The molecule has 3 aromatic rings. The van der Waals surface area contributed by atoms with Crippen LogP contribution in [-0.4, -0.2) is 67.7 Å². The molecule has 2 heterocycles. The molecule has 0 saturated carbocycles. The van der Waals surface area contributed by atoms with Crippen LogP contribution in [0.5, 0.6) is 0 Å². The van der Waals surface area contributed by atoms with Crippen LogP contribution in [0.1, 0.15) is 35.6 Å². The molecule has 6 nitrogen and oxygen atoms in total. The van der Waals surface area contributed by atoms with E-state index in [0.29, 0.717) is 48.1 Å². The van der Waals surface area contributed by atoms with Gasteiger partial charge >= 0.3 is 0 Å². The summed E-state index contributed by atoms with van der Waals surface area (Å²) < 4.78 is 27.9. The second-order valence-electron chi connectivity index (χ2n) is 10.3. The van der Waals surface area contributed by atoms with Crippen LogP contribution in [-0.2, 0) is 20.6 Å². The van der Waals surface area contributed by atoms with Crippen LogP contribution in [0.3, 0.4) is 0 Å². The minimum Gasteiger partial charge on any atom is -0.340 e. The lowest BCUT2D eigenvalue weighted by Gasteiger charge is -2.41. The molecule has 3 aromatic carbocycles. The van der Waals surface area contributed by atoms with Crippen molar-refractivity contribution in [1.82, 2.24) is 14.1 Å². The average Bonchev–Trinajstić information content (AvgIpc) is 2.96. The van der Waals surface area contributed by atoms with Crippen LogP contribution >= 0.6 is 23.2 Å². The minimum atomic E-state index is -3.59. The highest BCUT2D eigenvalue weighted by Gasteiger charge is 2.36.